The van der Waals surface area contributed by atoms with E-state index in [-0.39, 0.29) is 0 Å². The zero-order valence-electron chi connectivity index (χ0n) is 14.3. The molecule has 1 aliphatic rings. The molecule has 1 saturated heterocycles. The molecule has 4 atom stereocenters. The molecule has 114 valence electrons. The van der Waals surface area contributed by atoms with Gasteiger partial charge in [0.15, 0.2) is 0 Å². The standard InChI is InChI=1S/C18H37N/c1-14(2)17(5)18(6)15(3)13-16(4)19-11-9-7-8-10-12-19/h14-18H,7-13H2,1-6H3. The third-order valence-corrected chi connectivity index (χ3v) is 5.76. The van der Waals surface area contributed by atoms with Gasteiger partial charge in [0.25, 0.3) is 0 Å². The molecule has 0 N–H and O–H groups in total. The quantitative estimate of drug-likeness (QED) is 0.639. The molecule has 1 nitrogen and oxygen atoms in total. The lowest BCUT2D eigenvalue weighted by Crippen LogP contribution is -2.36. The van der Waals surface area contributed by atoms with Crippen LogP contribution in [0.15, 0.2) is 0 Å². The Morgan fingerprint density at radius 3 is 1.74 bits per heavy atom. The maximum atomic E-state index is 2.75. The van der Waals surface area contributed by atoms with E-state index in [2.05, 4.69) is 46.4 Å². The van der Waals surface area contributed by atoms with E-state index in [1.54, 1.807) is 0 Å². The van der Waals surface area contributed by atoms with Crippen molar-refractivity contribution in [2.45, 2.75) is 79.7 Å². The minimum Gasteiger partial charge on any atom is -0.301 e. The number of hydrogen-bond acceptors (Lipinski definition) is 1. The van der Waals surface area contributed by atoms with Gasteiger partial charge in [-0.3, -0.25) is 0 Å². The van der Waals surface area contributed by atoms with Crippen LogP contribution in [-0.4, -0.2) is 24.0 Å². The number of hydrogen-bond donors (Lipinski definition) is 0. The summed E-state index contributed by atoms with van der Waals surface area (Å²) in [6.45, 7) is 17.2. The van der Waals surface area contributed by atoms with Crippen molar-refractivity contribution in [3.63, 3.8) is 0 Å². The van der Waals surface area contributed by atoms with E-state index in [1.165, 1.54) is 45.2 Å². The summed E-state index contributed by atoms with van der Waals surface area (Å²) in [4.78, 5) is 2.75. The summed E-state index contributed by atoms with van der Waals surface area (Å²) in [7, 11) is 0. The Morgan fingerprint density at radius 2 is 1.26 bits per heavy atom. The SMILES string of the molecule is CC(C)C(C)C(C)C(C)CC(C)N1CCCCCC1. The van der Waals surface area contributed by atoms with Crippen LogP contribution < -0.4 is 0 Å². The fraction of sp³-hybridized carbons (Fsp3) is 1.00. The summed E-state index contributed by atoms with van der Waals surface area (Å²) in [5.74, 6) is 3.34. The molecule has 0 aromatic carbocycles. The van der Waals surface area contributed by atoms with E-state index in [1.807, 2.05) is 0 Å². The molecule has 1 aliphatic heterocycles. The van der Waals surface area contributed by atoms with Crippen molar-refractivity contribution in [3.8, 4) is 0 Å². The Hall–Kier alpha value is -0.0400. The average Bonchev–Trinajstić information content (AvgIpc) is 2.65. The minimum atomic E-state index is 0.773. The lowest BCUT2D eigenvalue weighted by molar-refractivity contribution is 0.147. The first kappa shape index (κ1) is 17.0. The first-order valence-corrected chi connectivity index (χ1v) is 8.67. The summed E-state index contributed by atoms with van der Waals surface area (Å²) < 4.78 is 0. The fourth-order valence-electron chi connectivity index (χ4n) is 3.56. The van der Waals surface area contributed by atoms with Gasteiger partial charge in [-0.25, -0.2) is 0 Å². The number of nitrogens with zero attached hydrogens (tertiary/aromatic N) is 1. The van der Waals surface area contributed by atoms with Crippen molar-refractivity contribution in [2.75, 3.05) is 13.1 Å². The highest BCUT2D eigenvalue weighted by Crippen LogP contribution is 2.30. The van der Waals surface area contributed by atoms with Crippen molar-refractivity contribution in [1.29, 1.82) is 0 Å². The largest absolute Gasteiger partial charge is 0.301 e. The van der Waals surface area contributed by atoms with Crippen LogP contribution in [0.4, 0.5) is 0 Å². The van der Waals surface area contributed by atoms with Crippen molar-refractivity contribution < 1.29 is 0 Å². The Bertz CT molecular complexity index is 222. The van der Waals surface area contributed by atoms with Gasteiger partial charge >= 0.3 is 0 Å². The highest BCUT2D eigenvalue weighted by molar-refractivity contribution is 4.77. The molecule has 0 saturated carbocycles. The van der Waals surface area contributed by atoms with Crippen LogP contribution in [0.2, 0.25) is 0 Å². The number of rotatable bonds is 6. The van der Waals surface area contributed by atoms with Crippen LogP contribution >= 0.6 is 0 Å². The Kier molecular flexibility index (Phi) is 7.42. The molecule has 1 heteroatoms. The lowest BCUT2D eigenvalue weighted by atomic mass is 9.77. The van der Waals surface area contributed by atoms with Gasteiger partial charge in [0.1, 0.15) is 0 Å². The zero-order chi connectivity index (χ0) is 14.4. The molecular weight excluding hydrogens is 230 g/mol. The zero-order valence-corrected chi connectivity index (χ0v) is 14.3. The number of likely N-dealkylation sites (tertiary alicyclic amines) is 1. The van der Waals surface area contributed by atoms with Crippen LogP contribution in [0.3, 0.4) is 0 Å². The van der Waals surface area contributed by atoms with E-state index in [4.69, 9.17) is 0 Å². The Morgan fingerprint density at radius 1 is 0.737 bits per heavy atom. The molecule has 0 bridgehead atoms. The third kappa shape index (κ3) is 5.45. The van der Waals surface area contributed by atoms with E-state index in [9.17, 15) is 0 Å². The first-order chi connectivity index (χ1) is 8.93. The molecule has 0 amide bonds. The summed E-state index contributed by atoms with van der Waals surface area (Å²) in [5.41, 5.74) is 0. The second-order valence-corrected chi connectivity index (χ2v) is 7.47. The fourth-order valence-corrected chi connectivity index (χ4v) is 3.56. The third-order valence-electron chi connectivity index (χ3n) is 5.76. The van der Waals surface area contributed by atoms with Gasteiger partial charge < -0.3 is 4.90 Å². The molecule has 0 aromatic rings. The monoisotopic (exact) mass is 267 g/mol. The van der Waals surface area contributed by atoms with Crippen LogP contribution in [0.25, 0.3) is 0 Å². The van der Waals surface area contributed by atoms with E-state index in [0.29, 0.717) is 0 Å². The predicted octanol–water partition coefficient (Wildman–Crippen LogP) is 5.21. The molecule has 0 spiro atoms. The molecule has 0 aliphatic carbocycles. The van der Waals surface area contributed by atoms with Crippen LogP contribution in [0.5, 0.6) is 0 Å². The maximum absolute atomic E-state index is 2.75. The molecule has 0 aromatic heterocycles. The predicted molar refractivity (Wildman–Crippen MR) is 86.5 cm³/mol. The average molecular weight is 268 g/mol. The molecular formula is C18H37N. The first-order valence-electron chi connectivity index (χ1n) is 8.67. The highest BCUT2D eigenvalue weighted by atomic mass is 15.1. The van der Waals surface area contributed by atoms with E-state index < -0.39 is 0 Å². The maximum Gasteiger partial charge on any atom is 0.00695 e. The van der Waals surface area contributed by atoms with Crippen molar-refractivity contribution in [3.05, 3.63) is 0 Å². The van der Waals surface area contributed by atoms with Crippen molar-refractivity contribution in [2.24, 2.45) is 23.7 Å². The van der Waals surface area contributed by atoms with E-state index in [0.717, 1.165) is 29.7 Å². The van der Waals surface area contributed by atoms with Crippen molar-refractivity contribution >= 4 is 0 Å². The lowest BCUT2D eigenvalue weighted by Gasteiger charge is -2.34. The topological polar surface area (TPSA) is 3.24 Å². The highest BCUT2D eigenvalue weighted by Gasteiger charge is 2.25. The normalized spacial score (nSPS) is 24.8. The van der Waals surface area contributed by atoms with Gasteiger partial charge in [0.05, 0.1) is 0 Å². The molecule has 19 heavy (non-hydrogen) atoms. The van der Waals surface area contributed by atoms with Crippen molar-refractivity contribution in [1.82, 2.24) is 4.90 Å². The van der Waals surface area contributed by atoms with Crippen LogP contribution in [0.1, 0.15) is 73.6 Å². The molecule has 4 unspecified atom stereocenters. The van der Waals surface area contributed by atoms with Gasteiger partial charge in [-0.05, 0) is 62.9 Å². The second kappa shape index (κ2) is 8.29. The molecule has 1 heterocycles. The van der Waals surface area contributed by atoms with Gasteiger partial charge in [-0.15, -0.1) is 0 Å². The van der Waals surface area contributed by atoms with E-state index >= 15 is 0 Å². The Labute approximate surface area is 122 Å². The molecule has 1 fully saturated rings. The van der Waals surface area contributed by atoms with Gasteiger partial charge in [-0.2, -0.15) is 0 Å². The van der Waals surface area contributed by atoms with Crippen LogP contribution in [0, 0.1) is 23.7 Å². The van der Waals surface area contributed by atoms with Gasteiger partial charge in [-0.1, -0.05) is 47.5 Å². The van der Waals surface area contributed by atoms with Gasteiger partial charge in [0.2, 0.25) is 0 Å². The molecule has 1 rings (SSSR count). The van der Waals surface area contributed by atoms with Crippen LogP contribution in [-0.2, 0) is 0 Å². The Balaban J connectivity index is 2.43. The second-order valence-electron chi connectivity index (χ2n) is 7.47. The summed E-state index contributed by atoms with van der Waals surface area (Å²) in [6, 6.07) is 0.773. The minimum absolute atomic E-state index is 0.773. The smallest absolute Gasteiger partial charge is 0.00695 e. The summed E-state index contributed by atoms with van der Waals surface area (Å²) in [6.07, 6.45) is 7.09. The summed E-state index contributed by atoms with van der Waals surface area (Å²) >= 11 is 0. The van der Waals surface area contributed by atoms with Gasteiger partial charge in [0, 0.05) is 6.04 Å². The molecule has 0 radical (unpaired) electrons. The summed E-state index contributed by atoms with van der Waals surface area (Å²) in [5, 5.41) is 0.